The maximum Gasteiger partial charge on any atom is 0.270 e. The summed E-state index contributed by atoms with van der Waals surface area (Å²) < 4.78 is 6.56. The molecule has 1 heterocycles. The van der Waals surface area contributed by atoms with Crippen LogP contribution in [0.2, 0.25) is 10.0 Å². The molecule has 9 nitrogen and oxygen atoms in total. The molecular formula is C20H19Cl2N5O4. The van der Waals surface area contributed by atoms with E-state index in [1.807, 2.05) is 0 Å². The van der Waals surface area contributed by atoms with Crippen LogP contribution in [0.15, 0.2) is 48.7 Å². The Labute approximate surface area is 188 Å². The number of hydrogen-bond donors (Lipinski definition) is 2. The van der Waals surface area contributed by atoms with E-state index in [0.717, 1.165) is 5.56 Å². The second-order valence-corrected chi connectivity index (χ2v) is 7.31. The maximum atomic E-state index is 13.0. The largest absolute Gasteiger partial charge is 0.383 e. The first-order valence-corrected chi connectivity index (χ1v) is 9.93. The highest BCUT2D eigenvalue weighted by Crippen LogP contribution is 2.25. The molecule has 0 saturated carbocycles. The van der Waals surface area contributed by atoms with E-state index in [0.29, 0.717) is 41.2 Å². The van der Waals surface area contributed by atoms with Gasteiger partial charge in [-0.15, -0.1) is 0 Å². The molecule has 0 fully saturated rings. The lowest BCUT2D eigenvalue weighted by molar-refractivity contribution is -0.384. The number of nitro benzene ring substituents is 1. The van der Waals surface area contributed by atoms with E-state index in [9.17, 15) is 14.9 Å². The molecule has 1 amide bonds. The fourth-order valence-corrected chi connectivity index (χ4v) is 3.30. The number of hydrogen-bond acceptors (Lipinski definition) is 6. The number of nitrogens with one attached hydrogen (secondary N) is 2. The zero-order valence-electron chi connectivity index (χ0n) is 16.5. The highest BCUT2D eigenvalue weighted by molar-refractivity contribution is 6.35. The molecule has 0 atom stereocenters. The molecule has 2 N–H and O–H groups in total. The smallest absolute Gasteiger partial charge is 0.270 e. The summed E-state index contributed by atoms with van der Waals surface area (Å²) in [5, 5.41) is 22.2. The number of nitrogens with zero attached hydrogens (tertiary/aromatic N) is 3. The first-order valence-electron chi connectivity index (χ1n) is 9.17. The van der Waals surface area contributed by atoms with Crippen LogP contribution in [0, 0.1) is 10.1 Å². The Morgan fingerprint density at radius 2 is 2.03 bits per heavy atom. The summed E-state index contributed by atoms with van der Waals surface area (Å²) in [5.74, 6) is -0.113. The Balaban J connectivity index is 1.84. The Kier molecular flexibility index (Phi) is 7.45. The second-order valence-electron chi connectivity index (χ2n) is 6.47. The number of methoxy groups -OCH3 is 1. The molecule has 3 rings (SSSR count). The molecule has 1 aromatic heterocycles. The van der Waals surface area contributed by atoms with Crippen molar-refractivity contribution in [1.29, 1.82) is 0 Å². The minimum atomic E-state index is -0.553. The van der Waals surface area contributed by atoms with Crippen LogP contribution < -0.4 is 10.6 Å². The molecule has 0 unspecified atom stereocenters. The van der Waals surface area contributed by atoms with Crippen molar-refractivity contribution in [3.8, 4) is 0 Å². The van der Waals surface area contributed by atoms with Gasteiger partial charge in [-0.3, -0.25) is 14.9 Å². The number of ether oxygens (including phenoxy) is 1. The topological polar surface area (TPSA) is 111 Å². The van der Waals surface area contributed by atoms with Crippen LogP contribution in [0.4, 0.5) is 17.2 Å². The summed E-state index contributed by atoms with van der Waals surface area (Å²) in [6.07, 6.45) is 1.53. The predicted octanol–water partition coefficient (Wildman–Crippen LogP) is 4.46. The molecule has 0 saturated heterocycles. The van der Waals surface area contributed by atoms with Gasteiger partial charge in [-0.2, -0.15) is 5.10 Å². The van der Waals surface area contributed by atoms with E-state index in [2.05, 4.69) is 15.7 Å². The minimum Gasteiger partial charge on any atom is -0.383 e. The van der Waals surface area contributed by atoms with E-state index < -0.39 is 10.8 Å². The molecule has 162 valence electrons. The van der Waals surface area contributed by atoms with Gasteiger partial charge in [-0.05, 0) is 23.8 Å². The quantitative estimate of drug-likeness (QED) is 0.275. The van der Waals surface area contributed by atoms with E-state index in [1.54, 1.807) is 36.1 Å². The fraction of sp³-hybridized carbons (Fsp3) is 0.200. The third-order valence-electron chi connectivity index (χ3n) is 4.37. The second kappa shape index (κ2) is 10.3. The van der Waals surface area contributed by atoms with Crippen LogP contribution >= 0.6 is 23.2 Å². The first kappa shape index (κ1) is 22.5. The number of amides is 1. The highest BCUT2D eigenvalue weighted by Gasteiger charge is 2.18. The molecule has 31 heavy (non-hydrogen) atoms. The molecule has 3 aromatic rings. The van der Waals surface area contributed by atoms with Crippen molar-refractivity contribution in [3.63, 3.8) is 0 Å². The van der Waals surface area contributed by atoms with Gasteiger partial charge in [0.1, 0.15) is 5.82 Å². The zero-order valence-corrected chi connectivity index (χ0v) is 18.0. The van der Waals surface area contributed by atoms with Crippen LogP contribution in [0.3, 0.4) is 0 Å². The average molecular weight is 464 g/mol. The molecule has 11 heteroatoms. The number of rotatable bonds is 9. The molecule has 0 aliphatic carbocycles. The van der Waals surface area contributed by atoms with E-state index >= 15 is 0 Å². The molecule has 0 radical (unpaired) electrons. The number of carbonyl (C=O) groups is 1. The van der Waals surface area contributed by atoms with Crippen molar-refractivity contribution in [3.05, 3.63) is 79.9 Å². The van der Waals surface area contributed by atoms with Crippen molar-refractivity contribution in [2.45, 2.75) is 6.54 Å². The number of halogens is 2. The van der Waals surface area contributed by atoms with Crippen molar-refractivity contribution >= 4 is 46.3 Å². The summed E-state index contributed by atoms with van der Waals surface area (Å²) in [5.41, 5.74) is 1.15. The minimum absolute atomic E-state index is 0.127. The Bertz CT molecular complexity index is 1100. The van der Waals surface area contributed by atoms with Crippen LogP contribution in [0.1, 0.15) is 15.9 Å². The number of non-ortho nitro benzene ring substituents is 1. The first-order chi connectivity index (χ1) is 14.9. The Morgan fingerprint density at radius 3 is 2.74 bits per heavy atom. The normalized spacial score (nSPS) is 10.7. The summed E-state index contributed by atoms with van der Waals surface area (Å²) in [6, 6.07) is 10.8. The van der Waals surface area contributed by atoms with Crippen LogP contribution in [-0.4, -0.2) is 40.9 Å². The van der Waals surface area contributed by atoms with Gasteiger partial charge in [0, 0.05) is 47.6 Å². The molecule has 0 aliphatic heterocycles. The van der Waals surface area contributed by atoms with Gasteiger partial charge in [0.25, 0.3) is 11.6 Å². The summed E-state index contributed by atoms with van der Waals surface area (Å²) in [4.78, 5) is 23.6. The standard InChI is InChI=1S/C20H19Cl2N5O4/c1-31-9-8-23-18-5-4-15(27(29)30)11-16(18)20(28)25-19-6-7-24-26(19)12-13-2-3-14(21)10-17(13)22/h2-7,10-11,23H,8-9,12H2,1H3,(H,25,28). The lowest BCUT2D eigenvalue weighted by Gasteiger charge is -2.13. The highest BCUT2D eigenvalue weighted by atomic mass is 35.5. The molecule has 2 aromatic carbocycles. The zero-order chi connectivity index (χ0) is 22.4. The lowest BCUT2D eigenvalue weighted by atomic mass is 10.1. The van der Waals surface area contributed by atoms with Gasteiger partial charge in [0.15, 0.2) is 0 Å². The van der Waals surface area contributed by atoms with E-state index in [1.165, 1.54) is 24.4 Å². The molecular weight excluding hydrogens is 445 g/mol. The van der Waals surface area contributed by atoms with Gasteiger partial charge in [-0.1, -0.05) is 29.3 Å². The van der Waals surface area contributed by atoms with Gasteiger partial charge in [0.05, 0.1) is 29.8 Å². The Hall–Kier alpha value is -3.14. The molecule has 0 bridgehead atoms. The van der Waals surface area contributed by atoms with Crippen molar-refractivity contribution in [2.75, 3.05) is 30.9 Å². The van der Waals surface area contributed by atoms with Crippen molar-refractivity contribution in [2.24, 2.45) is 0 Å². The van der Waals surface area contributed by atoms with Crippen LogP contribution in [-0.2, 0) is 11.3 Å². The third-order valence-corrected chi connectivity index (χ3v) is 4.96. The van der Waals surface area contributed by atoms with Gasteiger partial charge >= 0.3 is 0 Å². The monoisotopic (exact) mass is 463 g/mol. The van der Waals surface area contributed by atoms with Crippen LogP contribution in [0.25, 0.3) is 0 Å². The van der Waals surface area contributed by atoms with Crippen molar-refractivity contribution < 1.29 is 14.5 Å². The predicted molar refractivity (Wildman–Crippen MR) is 119 cm³/mol. The van der Waals surface area contributed by atoms with E-state index in [-0.39, 0.29) is 11.3 Å². The molecule has 0 aliphatic rings. The summed E-state index contributed by atoms with van der Waals surface area (Å²) in [7, 11) is 1.55. The maximum absolute atomic E-state index is 13.0. The summed E-state index contributed by atoms with van der Waals surface area (Å²) in [6.45, 7) is 1.14. The average Bonchev–Trinajstić information content (AvgIpc) is 3.16. The lowest BCUT2D eigenvalue weighted by Crippen LogP contribution is -2.19. The SMILES string of the molecule is COCCNc1ccc([N+](=O)[O-])cc1C(=O)Nc1ccnn1Cc1ccc(Cl)cc1Cl. The Morgan fingerprint density at radius 1 is 1.23 bits per heavy atom. The number of nitro groups is 1. The number of anilines is 2. The number of carbonyl (C=O) groups excluding carboxylic acids is 1. The molecule has 0 spiro atoms. The van der Waals surface area contributed by atoms with E-state index in [4.69, 9.17) is 27.9 Å². The number of benzene rings is 2. The third kappa shape index (κ3) is 5.72. The van der Waals surface area contributed by atoms with Crippen LogP contribution in [0.5, 0.6) is 0 Å². The van der Waals surface area contributed by atoms with Crippen molar-refractivity contribution in [1.82, 2.24) is 9.78 Å². The van der Waals surface area contributed by atoms with Gasteiger partial charge < -0.3 is 15.4 Å². The fourth-order valence-electron chi connectivity index (χ4n) is 2.84. The number of aromatic nitrogens is 2. The van der Waals surface area contributed by atoms with Gasteiger partial charge in [-0.25, -0.2) is 4.68 Å². The van der Waals surface area contributed by atoms with Gasteiger partial charge in [0.2, 0.25) is 0 Å². The summed E-state index contributed by atoms with van der Waals surface area (Å²) >= 11 is 12.2.